The van der Waals surface area contributed by atoms with Crippen LogP contribution in [0.1, 0.15) is 29.3 Å². The van der Waals surface area contributed by atoms with Crippen LogP contribution in [0.15, 0.2) is 149 Å². The van der Waals surface area contributed by atoms with Crippen LogP contribution < -0.4 is 16.0 Å². The maximum absolute atomic E-state index is 13.7. The molecule has 0 fully saturated rings. The zero-order valence-corrected chi connectivity index (χ0v) is 29.1. The fraction of sp³-hybridized carbons (Fsp3) is 0.0732. The van der Waals surface area contributed by atoms with Crippen LogP contribution in [0.3, 0.4) is 0 Å². The third-order valence-electron chi connectivity index (χ3n) is 7.77. The lowest BCUT2D eigenvalue weighted by atomic mass is 10.0. The highest BCUT2D eigenvalue weighted by atomic mass is 32.2. The van der Waals surface area contributed by atoms with Crippen molar-refractivity contribution in [1.82, 2.24) is 10.3 Å². The van der Waals surface area contributed by atoms with Gasteiger partial charge in [-0.05, 0) is 83.8 Å². The number of thiazole rings is 1. The minimum Gasteiger partial charge on any atom is -0.321 e. The first kappa shape index (κ1) is 35.0. The molecule has 0 spiro atoms. The zero-order valence-electron chi connectivity index (χ0n) is 27.5. The number of carbonyl (C=O) groups is 3. The number of carbonyl (C=O) groups excluding carboxylic acids is 3. The summed E-state index contributed by atoms with van der Waals surface area (Å²) >= 11 is 2.66. The minimum atomic E-state index is -0.501. The Hall–Kier alpha value is -5.84. The molecule has 1 atom stereocenters. The number of nitrogens with zero attached hydrogens (tertiary/aromatic N) is 1. The van der Waals surface area contributed by atoms with E-state index in [0.29, 0.717) is 28.5 Å². The molecule has 0 radical (unpaired) electrons. The molecule has 0 aliphatic rings. The number of amides is 3. The van der Waals surface area contributed by atoms with Crippen LogP contribution >= 0.6 is 23.1 Å². The molecule has 0 saturated carbocycles. The first-order valence-electron chi connectivity index (χ1n) is 16.2. The third kappa shape index (κ3) is 9.45. The van der Waals surface area contributed by atoms with Crippen LogP contribution in [0.2, 0.25) is 0 Å². The predicted octanol–water partition coefficient (Wildman–Crippen LogP) is 9.54. The molecule has 254 valence electrons. The van der Waals surface area contributed by atoms with E-state index >= 15 is 0 Å². The van der Waals surface area contributed by atoms with E-state index in [4.69, 9.17) is 0 Å². The molecule has 6 rings (SSSR count). The molecule has 3 amide bonds. The molecule has 51 heavy (non-hydrogen) atoms. The van der Waals surface area contributed by atoms with Crippen LogP contribution in [0, 0.1) is 5.82 Å². The second kappa shape index (κ2) is 16.7. The number of halogens is 1. The van der Waals surface area contributed by atoms with Crippen molar-refractivity contribution in [1.29, 1.82) is 0 Å². The van der Waals surface area contributed by atoms with Gasteiger partial charge in [0.05, 0.1) is 10.9 Å². The molecule has 5 aromatic carbocycles. The summed E-state index contributed by atoms with van der Waals surface area (Å²) in [4.78, 5) is 45.4. The highest BCUT2D eigenvalue weighted by Crippen LogP contribution is 2.30. The molecule has 0 aliphatic carbocycles. The van der Waals surface area contributed by atoms with Crippen molar-refractivity contribution in [3.8, 4) is 22.4 Å². The van der Waals surface area contributed by atoms with Gasteiger partial charge in [0.15, 0.2) is 5.13 Å². The zero-order chi connectivity index (χ0) is 35.6. The average Bonchev–Trinajstić information content (AvgIpc) is 3.63. The number of thioether (sulfide) groups is 1. The maximum atomic E-state index is 13.7. The lowest BCUT2D eigenvalue weighted by Gasteiger charge is -2.15. The van der Waals surface area contributed by atoms with Gasteiger partial charge in [-0.2, -0.15) is 0 Å². The highest BCUT2D eigenvalue weighted by molar-refractivity contribution is 8.00. The van der Waals surface area contributed by atoms with E-state index in [0.717, 1.165) is 27.1 Å². The monoisotopic (exact) mass is 712 g/mol. The van der Waals surface area contributed by atoms with Crippen molar-refractivity contribution < 1.29 is 18.8 Å². The maximum Gasteiger partial charge on any atom is 0.272 e. The Balaban J connectivity index is 1.15. The highest BCUT2D eigenvalue weighted by Gasteiger charge is 2.21. The normalized spacial score (nSPS) is 11.8. The Bertz CT molecular complexity index is 2150. The van der Waals surface area contributed by atoms with Crippen LogP contribution in [0.4, 0.5) is 15.2 Å². The molecule has 6 aromatic rings. The predicted molar refractivity (Wildman–Crippen MR) is 205 cm³/mol. The lowest BCUT2D eigenvalue weighted by Crippen LogP contribution is -2.30. The molecule has 1 heterocycles. The van der Waals surface area contributed by atoms with Crippen LogP contribution in [-0.2, 0) is 9.59 Å². The first-order valence-corrected chi connectivity index (χ1v) is 17.9. The Morgan fingerprint density at radius 3 is 2.16 bits per heavy atom. The largest absolute Gasteiger partial charge is 0.321 e. The van der Waals surface area contributed by atoms with Crippen molar-refractivity contribution in [2.24, 2.45) is 0 Å². The van der Waals surface area contributed by atoms with Crippen molar-refractivity contribution in [2.75, 3.05) is 10.6 Å². The Morgan fingerprint density at radius 2 is 1.45 bits per heavy atom. The summed E-state index contributed by atoms with van der Waals surface area (Å²) in [7, 11) is 0. The molecule has 0 saturated heterocycles. The smallest absolute Gasteiger partial charge is 0.272 e. The van der Waals surface area contributed by atoms with Crippen LogP contribution in [0.5, 0.6) is 0 Å². The topological polar surface area (TPSA) is 100 Å². The van der Waals surface area contributed by atoms with Gasteiger partial charge >= 0.3 is 0 Å². The minimum absolute atomic E-state index is 0.0728. The van der Waals surface area contributed by atoms with Crippen molar-refractivity contribution in [3.63, 3.8) is 0 Å². The van der Waals surface area contributed by atoms with Gasteiger partial charge in [0, 0.05) is 27.1 Å². The molecule has 1 aromatic heterocycles. The number of anilines is 2. The van der Waals surface area contributed by atoms with E-state index in [9.17, 15) is 18.8 Å². The van der Waals surface area contributed by atoms with E-state index < -0.39 is 17.1 Å². The summed E-state index contributed by atoms with van der Waals surface area (Å²) in [6.45, 7) is 1.92. The van der Waals surface area contributed by atoms with E-state index in [2.05, 4.69) is 20.9 Å². The van der Waals surface area contributed by atoms with Gasteiger partial charge in [0.2, 0.25) is 5.91 Å². The molecule has 1 unspecified atom stereocenters. The van der Waals surface area contributed by atoms with E-state index in [1.165, 1.54) is 35.2 Å². The van der Waals surface area contributed by atoms with Gasteiger partial charge < -0.3 is 16.0 Å². The quantitative estimate of drug-likeness (QED) is 0.0867. The van der Waals surface area contributed by atoms with E-state index in [1.54, 1.807) is 60.7 Å². The molecule has 0 aliphatic heterocycles. The van der Waals surface area contributed by atoms with Crippen molar-refractivity contribution >= 4 is 57.7 Å². The van der Waals surface area contributed by atoms with Gasteiger partial charge in [-0.25, -0.2) is 9.37 Å². The fourth-order valence-corrected chi connectivity index (χ4v) is 6.85. The number of benzene rings is 5. The molecule has 10 heteroatoms. The Morgan fingerprint density at radius 1 is 0.784 bits per heavy atom. The number of hydrogen-bond donors (Lipinski definition) is 3. The number of aromatic nitrogens is 1. The molecule has 3 N–H and O–H groups in total. The molecule has 0 bridgehead atoms. The van der Waals surface area contributed by atoms with E-state index in [1.807, 2.05) is 79.0 Å². The van der Waals surface area contributed by atoms with Gasteiger partial charge in [-0.15, -0.1) is 23.1 Å². The number of rotatable bonds is 12. The third-order valence-corrected chi connectivity index (χ3v) is 9.88. The van der Waals surface area contributed by atoms with Crippen molar-refractivity contribution in [3.05, 3.63) is 161 Å². The van der Waals surface area contributed by atoms with Crippen LogP contribution in [0.25, 0.3) is 28.5 Å². The van der Waals surface area contributed by atoms with Gasteiger partial charge in [0.25, 0.3) is 11.8 Å². The van der Waals surface area contributed by atoms with E-state index in [-0.39, 0.29) is 17.4 Å². The van der Waals surface area contributed by atoms with Gasteiger partial charge in [-0.1, -0.05) is 85.8 Å². The number of hydrogen-bond acceptors (Lipinski definition) is 6. The summed E-state index contributed by atoms with van der Waals surface area (Å²) in [5.74, 6) is -1.45. The SMILES string of the molecule is CCC(Sc1cccc(NC(=O)/C(=C\c2ccc(-c3ccccc3)cc2)NC(=O)c2ccccc2)c1)C(=O)Nc1nc(-c2ccc(F)cc2)cs1. The van der Waals surface area contributed by atoms with Gasteiger partial charge in [0.1, 0.15) is 11.5 Å². The Labute approximate surface area is 303 Å². The molecule has 7 nitrogen and oxygen atoms in total. The summed E-state index contributed by atoms with van der Waals surface area (Å²) < 4.78 is 13.3. The second-order valence-electron chi connectivity index (χ2n) is 11.4. The summed E-state index contributed by atoms with van der Waals surface area (Å²) in [6.07, 6.45) is 2.19. The van der Waals surface area contributed by atoms with Crippen LogP contribution in [-0.4, -0.2) is 28.0 Å². The standard InChI is InChI=1S/C41H33FN4O3S2/c1-2-37(40(49)46-41-45-36(26-50-41)30-20-22-32(42)23-21-30)51-34-15-9-14-33(25-34)43-39(48)35(44-38(47)31-12-7-4-8-13-31)24-27-16-18-29(19-17-27)28-10-5-3-6-11-28/h3-26,37H,2H2,1H3,(H,43,48)(H,44,47)(H,45,46,49)/b35-24+. The summed E-state index contributed by atoms with van der Waals surface area (Å²) in [6, 6.07) is 39.6. The fourth-order valence-electron chi connectivity index (χ4n) is 5.11. The first-order chi connectivity index (χ1) is 24.8. The molecular formula is C41H33FN4O3S2. The van der Waals surface area contributed by atoms with Crippen molar-refractivity contribution in [2.45, 2.75) is 23.5 Å². The summed E-state index contributed by atoms with van der Waals surface area (Å²) in [5.41, 5.74) is 5.24. The number of nitrogens with one attached hydrogen (secondary N) is 3. The summed E-state index contributed by atoms with van der Waals surface area (Å²) in [5, 5.41) is 10.4. The molecular weight excluding hydrogens is 680 g/mol. The average molecular weight is 713 g/mol. The second-order valence-corrected chi connectivity index (χ2v) is 13.5. The lowest BCUT2D eigenvalue weighted by molar-refractivity contribution is -0.116. The van der Waals surface area contributed by atoms with Gasteiger partial charge in [-0.3, -0.25) is 14.4 Å². The Kier molecular flexibility index (Phi) is 11.5.